The number of hydrogen-bond acceptors (Lipinski definition) is 4. The van der Waals surface area contributed by atoms with Gasteiger partial charge in [-0.3, -0.25) is 4.79 Å². The van der Waals surface area contributed by atoms with Crippen molar-refractivity contribution in [2.24, 2.45) is 5.10 Å². The molecule has 4 rings (SSSR count). The van der Waals surface area contributed by atoms with Crippen LogP contribution >= 0.6 is 61.1 Å². The molecule has 0 radical (unpaired) electrons. The Bertz CT molecular complexity index is 1470. The standard InChI is InChI=1S/C26H21BrFI2N3O2/c1-3-15(2)25-32-23-8-7-18(27)12-20(23)26(34)33(25)31-13-17-10-21(29)24(22(30)11-17)35-14-16-5-4-6-19(28)9-16/h4-13,15H,3,14H2,1-2H3/t15-/m0/s1. The van der Waals surface area contributed by atoms with Crippen molar-refractivity contribution < 1.29 is 9.13 Å². The molecular weight excluding hydrogens is 739 g/mol. The summed E-state index contributed by atoms with van der Waals surface area (Å²) in [7, 11) is 0. The van der Waals surface area contributed by atoms with Gasteiger partial charge in [-0.25, -0.2) is 9.37 Å². The molecular formula is C26H21BrFI2N3O2. The number of rotatable bonds is 7. The van der Waals surface area contributed by atoms with Crippen LogP contribution in [0.3, 0.4) is 0 Å². The smallest absolute Gasteiger partial charge is 0.282 e. The fraction of sp³-hybridized carbons (Fsp3) is 0.192. The van der Waals surface area contributed by atoms with Crippen LogP contribution in [0.1, 0.15) is 43.1 Å². The third-order valence-electron chi connectivity index (χ3n) is 5.50. The highest BCUT2D eigenvalue weighted by atomic mass is 127. The number of aromatic nitrogens is 2. The zero-order valence-corrected chi connectivity index (χ0v) is 24.8. The van der Waals surface area contributed by atoms with Crippen LogP contribution in [0.5, 0.6) is 5.75 Å². The van der Waals surface area contributed by atoms with Gasteiger partial charge in [-0.15, -0.1) is 0 Å². The van der Waals surface area contributed by atoms with Crippen molar-refractivity contribution in [2.75, 3.05) is 0 Å². The van der Waals surface area contributed by atoms with E-state index in [-0.39, 0.29) is 23.9 Å². The predicted molar refractivity (Wildman–Crippen MR) is 158 cm³/mol. The normalized spacial score (nSPS) is 12.4. The first-order chi connectivity index (χ1) is 16.8. The minimum atomic E-state index is -0.287. The quantitative estimate of drug-likeness (QED) is 0.145. The molecule has 0 aliphatic carbocycles. The number of nitrogens with zero attached hydrogens (tertiary/aromatic N) is 3. The maximum absolute atomic E-state index is 13.5. The van der Waals surface area contributed by atoms with Crippen molar-refractivity contribution in [2.45, 2.75) is 32.8 Å². The molecule has 0 unspecified atom stereocenters. The van der Waals surface area contributed by atoms with Crippen LogP contribution in [0.2, 0.25) is 0 Å². The number of benzene rings is 3. The summed E-state index contributed by atoms with van der Waals surface area (Å²) < 4.78 is 23.4. The summed E-state index contributed by atoms with van der Waals surface area (Å²) in [6.07, 6.45) is 2.50. The maximum Gasteiger partial charge on any atom is 0.282 e. The molecule has 0 fully saturated rings. The van der Waals surface area contributed by atoms with Crippen LogP contribution in [0, 0.1) is 13.0 Å². The van der Waals surface area contributed by atoms with E-state index in [4.69, 9.17) is 9.72 Å². The van der Waals surface area contributed by atoms with Gasteiger partial charge in [-0.2, -0.15) is 9.78 Å². The van der Waals surface area contributed by atoms with Crippen LogP contribution < -0.4 is 10.3 Å². The lowest BCUT2D eigenvalue weighted by atomic mass is 10.1. The lowest BCUT2D eigenvalue weighted by Crippen LogP contribution is -2.23. The van der Waals surface area contributed by atoms with Crippen molar-refractivity contribution in [3.8, 4) is 5.75 Å². The summed E-state index contributed by atoms with van der Waals surface area (Å²) in [5.41, 5.74) is 2.04. The monoisotopic (exact) mass is 759 g/mol. The molecule has 0 aliphatic rings. The van der Waals surface area contributed by atoms with Crippen molar-refractivity contribution in [1.29, 1.82) is 0 Å². The van der Waals surface area contributed by atoms with Gasteiger partial charge < -0.3 is 4.74 Å². The van der Waals surface area contributed by atoms with Crippen molar-refractivity contribution in [1.82, 2.24) is 9.66 Å². The number of halogens is 4. The van der Waals surface area contributed by atoms with Crippen LogP contribution in [0.4, 0.5) is 4.39 Å². The van der Waals surface area contributed by atoms with Gasteiger partial charge in [0.25, 0.3) is 5.56 Å². The van der Waals surface area contributed by atoms with Gasteiger partial charge in [-0.05, 0) is 105 Å². The van der Waals surface area contributed by atoms with E-state index in [0.717, 1.165) is 34.9 Å². The van der Waals surface area contributed by atoms with E-state index < -0.39 is 0 Å². The molecule has 0 N–H and O–H groups in total. The first kappa shape index (κ1) is 26.2. The number of ether oxygens (including phenoxy) is 1. The zero-order chi connectivity index (χ0) is 25.1. The molecule has 0 spiro atoms. The van der Waals surface area contributed by atoms with Crippen LogP contribution in [-0.4, -0.2) is 15.9 Å². The molecule has 0 saturated heterocycles. The second kappa shape index (κ2) is 11.5. The highest BCUT2D eigenvalue weighted by molar-refractivity contribution is 14.1. The van der Waals surface area contributed by atoms with Gasteiger partial charge in [0.05, 0.1) is 24.3 Å². The summed E-state index contributed by atoms with van der Waals surface area (Å²) in [4.78, 5) is 18.1. The topological polar surface area (TPSA) is 56.5 Å². The van der Waals surface area contributed by atoms with Crippen molar-refractivity contribution >= 4 is 78.2 Å². The van der Waals surface area contributed by atoms with Crippen molar-refractivity contribution in [3.05, 3.63) is 99.3 Å². The average Bonchev–Trinajstić information content (AvgIpc) is 2.82. The Balaban J connectivity index is 1.67. The number of fused-ring (bicyclic) bond motifs is 1. The second-order valence-corrected chi connectivity index (χ2v) is 11.3. The van der Waals surface area contributed by atoms with E-state index in [2.05, 4.69) is 73.1 Å². The third kappa shape index (κ3) is 6.11. The molecule has 4 aromatic rings. The van der Waals surface area contributed by atoms with E-state index in [1.165, 1.54) is 16.8 Å². The summed E-state index contributed by atoms with van der Waals surface area (Å²) in [6.45, 7) is 4.36. The van der Waals surface area contributed by atoms with Crippen LogP contribution in [0.25, 0.3) is 10.9 Å². The second-order valence-electron chi connectivity index (χ2n) is 8.03. The van der Waals surface area contributed by atoms with Crippen LogP contribution in [0.15, 0.2) is 69.0 Å². The average molecular weight is 760 g/mol. The van der Waals surface area contributed by atoms with Crippen molar-refractivity contribution in [3.63, 3.8) is 0 Å². The summed E-state index contributed by atoms with van der Waals surface area (Å²) in [6, 6.07) is 15.7. The largest absolute Gasteiger partial charge is 0.487 e. The predicted octanol–water partition coefficient (Wildman–Crippen LogP) is 7.48. The van der Waals surface area contributed by atoms with E-state index in [1.54, 1.807) is 18.3 Å². The fourth-order valence-electron chi connectivity index (χ4n) is 3.48. The molecule has 3 aromatic carbocycles. The van der Waals surface area contributed by atoms with Gasteiger partial charge >= 0.3 is 0 Å². The number of hydrogen-bond donors (Lipinski definition) is 0. The van der Waals surface area contributed by atoms with E-state index in [0.29, 0.717) is 16.7 Å². The molecule has 1 heterocycles. The van der Waals surface area contributed by atoms with Gasteiger partial charge in [0.1, 0.15) is 24.0 Å². The molecule has 1 aromatic heterocycles. The lowest BCUT2D eigenvalue weighted by Gasteiger charge is -2.14. The first-order valence-corrected chi connectivity index (χ1v) is 13.8. The molecule has 180 valence electrons. The lowest BCUT2D eigenvalue weighted by molar-refractivity contribution is 0.301. The SMILES string of the molecule is CC[C@H](C)c1nc2ccc(Br)cc2c(=O)n1N=Cc1cc(I)c(OCc2cccc(F)c2)c(I)c1. The van der Waals surface area contributed by atoms with Gasteiger partial charge in [0.15, 0.2) is 0 Å². The van der Waals surface area contributed by atoms with Gasteiger partial charge in [0.2, 0.25) is 0 Å². The van der Waals surface area contributed by atoms with E-state index in [9.17, 15) is 9.18 Å². The highest BCUT2D eigenvalue weighted by Crippen LogP contribution is 2.29. The Hall–Kier alpha value is -1.86. The molecule has 0 saturated carbocycles. The molecule has 0 bridgehead atoms. The third-order valence-corrected chi connectivity index (χ3v) is 7.60. The Morgan fingerprint density at radius 3 is 2.60 bits per heavy atom. The zero-order valence-electron chi connectivity index (χ0n) is 18.9. The Morgan fingerprint density at radius 1 is 1.17 bits per heavy atom. The Morgan fingerprint density at radius 2 is 1.91 bits per heavy atom. The summed E-state index contributed by atoms with van der Waals surface area (Å²) in [5, 5.41) is 5.06. The van der Waals surface area contributed by atoms with E-state index >= 15 is 0 Å². The van der Waals surface area contributed by atoms with Gasteiger partial charge in [0, 0.05) is 10.4 Å². The summed E-state index contributed by atoms with van der Waals surface area (Å²) in [5.74, 6) is 1.13. The molecule has 9 heteroatoms. The molecule has 5 nitrogen and oxygen atoms in total. The minimum Gasteiger partial charge on any atom is -0.487 e. The summed E-state index contributed by atoms with van der Waals surface area (Å²) >= 11 is 7.85. The Labute approximate surface area is 238 Å². The van der Waals surface area contributed by atoms with Gasteiger partial charge in [-0.1, -0.05) is 41.9 Å². The Kier molecular flexibility index (Phi) is 8.59. The molecule has 35 heavy (non-hydrogen) atoms. The first-order valence-electron chi connectivity index (χ1n) is 10.9. The maximum atomic E-state index is 13.5. The highest BCUT2D eigenvalue weighted by Gasteiger charge is 2.16. The molecule has 0 amide bonds. The minimum absolute atomic E-state index is 0.0618. The van der Waals surface area contributed by atoms with E-state index in [1.807, 2.05) is 37.3 Å². The molecule has 0 aliphatic heterocycles. The van der Waals surface area contributed by atoms with Crippen LogP contribution in [-0.2, 0) is 6.61 Å². The molecule has 1 atom stereocenters. The fourth-order valence-corrected chi connectivity index (χ4v) is 5.97.